The number of nitrogens with zero attached hydrogens (tertiary/aromatic N) is 1. The van der Waals surface area contributed by atoms with E-state index < -0.39 is 5.97 Å². The van der Waals surface area contributed by atoms with Crippen molar-refractivity contribution in [2.24, 2.45) is 0 Å². The molecule has 1 aromatic heterocycles. The SMILES string of the molecule is COc1cc(OC)nc(Oc2ccc3c(c2C(=O)OCc2ccccc2)OCO3)c1. The maximum absolute atomic E-state index is 12.9. The summed E-state index contributed by atoms with van der Waals surface area (Å²) in [4.78, 5) is 17.2. The molecule has 4 rings (SSSR count). The highest BCUT2D eigenvalue weighted by Gasteiger charge is 2.28. The first kappa shape index (κ1) is 19.4. The number of rotatable bonds is 7. The normalized spacial score (nSPS) is 11.7. The van der Waals surface area contributed by atoms with E-state index in [2.05, 4.69) is 4.98 Å². The number of methoxy groups -OCH3 is 2. The molecular weight excluding hydrogens is 390 g/mol. The minimum absolute atomic E-state index is 0.00296. The van der Waals surface area contributed by atoms with Gasteiger partial charge in [-0.2, -0.15) is 4.98 Å². The van der Waals surface area contributed by atoms with Crippen LogP contribution < -0.4 is 23.7 Å². The summed E-state index contributed by atoms with van der Waals surface area (Å²) < 4.78 is 32.7. The van der Waals surface area contributed by atoms with Crippen LogP contribution in [0.2, 0.25) is 0 Å². The van der Waals surface area contributed by atoms with Crippen LogP contribution in [-0.4, -0.2) is 32.0 Å². The fourth-order valence-corrected chi connectivity index (χ4v) is 2.87. The lowest BCUT2D eigenvalue weighted by Crippen LogP contribution is -2.09. The molecule has 0 bridgehead atoms. The summed E-state index contributed by atoms with van der Waals surface area (Å²) in [6.07, 6.45) is 0. The number of carbonyl (C=O) groups excluding carboxylic acids is 1. The van der Waals surface area contributed by atoms with E-state index in [1.165, 1.54) is 14.2 Å². The monoisotopic (exact) mass is 409 g/mol. The van der Waals surface area contributed by atoms with Crippen molar-refractivity contribution in [1.29, 1.82) is 0 Å². The van der Waals surface area contributed by atoms with Gasteiger partial charge in [0.25, 0.3) is 0 Å². The average molecular weight is 409 g/mol. The molecule has 0 saturated carbocycles. The number of esters is 1. The van der Waals surface area contributed by atoms with Crippen LogP contribution in [0.4, 0.5) is 0 Å². The first-order valence-electron chi connectivity index (χ1n) is 9.09. The zero-order valence-electron chi connectivity index (χ0n) is 16.4. The Morgan fingerprint density at radius 2 is 1.80 bits per heavy atom. The van der Waals surface area contributed by atoms with Crippen LogP contribution in [0.25, 0.3) is 0 Å². The van der Waals surface area contributed by atoms with Crippen molar-refractivity contribution in [2.75, 3.05) is 21.0 Å². The Bertz CT molecular complexity index is 1030. The number of pyridine rings is 1. The molecular formula is C22H19NO7. The van der Waals surface area contributed by atoms with Crippen LogP contribution in [0, 0.1) is 0 Å². The summed E-state index contributed by atoms with van der Waals surface area (Å²) in [5.41, 5.74) is 0.974. The predicted molar refractivity (Wildman–Crippen MR) is 106 cm³/mol. The minimum Gasteiger partial charge on any atom is -0.496 e. The third kappa shape index (κ3) is 4.07. The van der Waals surface area contributed by atoms with Gasteiger partial charge in [-0.15, -0.1) is 0 Å². The summed E-state index contributed by atoms with van der Waals surface area (Å²) in [7, 11) is 3.00. The topological polar surface area (TPSA) is 85.3 Å². The molecule has 0 atom stereocenters. The molecule has 154 valence electrons. The summed E-state index contributed by atoms with van der Waals surface area (Å²) in [6, 6.07) is 15.8. The highest BCUT2D eigenvalue weighted by Crippen LogP contribution is 2.42. The van der Waals surface area contributed by atoms with Crippen molar-refractivity contribution >= 4 is 5.97 Å². The molecule has 0 saturated heterocycles. The van der Waals surface area contributed by atoms with Gasteiger partial charge in [-0.1, -0.05) is 30.3 Å². The number of ether oxygens (including phenoxy) is 6. The molecule has 0 unspecified atom stereocenters. The number of fused-ring (bicyclic) bond motifs is 1. The smallest absolute Gasteiger partial charge is 0.346 e. The van der Waals surface area contributed by atoms with Crippen molar-refractivity contribution in [3.8, 4) is 34.8 Å². The van der Waals surface area contributed by atoms with E-state index in [4.69, 9.17) is 28.4 Å². The molecule has 30 heavy (non-hydrogen) atoms. The van der Waals surface area contributed by atoms with Crippen molar-refractivity contribution in [2.45, 2.75) is 6.61 Å². The van der Waals surface area contributed by atoms with Gasteiger partial charge in [0.2, 0.25) is 18.6 Å². The van der Waals surface area contributed by atoms with Gasteiger partial charge >= 0.3 is 5.97 Å². The van der Waals surface area contributed by atoms with E-state index in [9.17, 15) is 4.79 Å². The van der Waals surface area contributed by atoms with E-state index in [1.807, 2.05) is 30.3 Å². The second-order valence-corrected chi connectivity index (χ2v) is 6.22. The van der Waals surface area contributed by atoms with E-state index in [-0.39, 0.29) is 36.3 Å². The molecule has 1 aliphatic rings. The summed E-state index contributed by atoms with van der Waals surface area (Å²) in [5, 5.41) is 0. The minimum atomic E-state index is -0.605. The van der Waals surface area contributed by atoms with Gasteiger partial charge in [-0.05, 0) is 17.7 Å². The third-order valence-corrected chi connectivity index (χ3v) is 4.33. The fourth-order valence-electron chi connectivity index (χ4n) is 2.87. The summed E-state index contributed by atoms with van der Waals surface area (Å²) in [6.45, 7) is 0.109. The van der Waals surface area contributed by atoms with Gasteiger partial charge < -0.3 is 28.4 Å². The summed E-state index contributed by atoms with van der Waals surface area (Å²) >= 11 is 0. The zero-order valence-corrected chi connectivity index (χ0v) is 16.4. The summed E-state index contributed by atoms with van der Waals surface area (Å²) in [5.74, 6) is 1.28. The Kier molecular flexibility index (Phi) is 5.56. The third-order valence-electron chi connectivity index (χ3n) is 4.33. The van der Waals surface area contributed by atoms with Crippen molar-refractivity contribution in [3.05, 3.63) is 65.7 Å². The van der Waals surface area contributed by atoms with Crippen LogP contribution in [-0.2, 0) is 11.3 Å². The number of carbonyl (C=O) groups is 1. The van der Waals surface area contributed by atoms with Gasteiger partial charge in [-0.25, -0.2) is 4.79 Å². The van der Waals surface area contributed by atoms with Crippen molar-refractivity contribution in [3.63, 3.8) is 0 Å². The molecule has 0 fully saturated rings. The molecule has 1 aliphatic heterocycles. The van der Waals surface area contributed by atoms with Crippen LogP contribution in [0.3, 0.4) is 0 Å². The Hall–Kier alpha value is -3.94. The van der Waals surface area contributed by atoms with Crippen molar-refractivity contribution < 1.29 is 33.2 Å². The predicted octanol–water partition coefficient (Wildman–Crippen LogP) is 3.98. The average Bonchev–Trinajstić information content (AvgIpc) is 3.26. The molecule has 0 aliphatic carbocycles. The maximum atomic E-state index is 12.9. The van der Waals surface area contributed by atoms with Gasteiger partial charge in [0.1, 0.15) is 23.7 Å². The Morgan fingerprint density at radius 1 is 1.00 bits per heavy atom. The van der Waals surface area contributed by atoms with E-state index >= 15 is 0 Å². The molecule has 8 nitrogen and oxygen atoms in total. The first-order valence-corrected chi connectivity index (χ1v) is 9.09. The maximum Gasteiger partial charge on any atom is 0.346 e. The van der Waals surface area contributed by atoms with Crippen LogP contribution >= 0.6 is 0 Å². The molecule has 0 N–H and O–H groups in total. The van der Waals surface area contributed by atoms with Crippen LogP contribution in [0.5, 0.6) is 34.8 Å². The molecule has 8 heteroatoms. The fraction of sp³-hybridized carbons (Fsp3) is 0.182. The Labute approximate surface area is 172 Å². The van der Waals surface area contributed by atoms with Gasteiger partial charge in [-0.3, -0.25) is 0 Å². The molecule has 2 aromatic carbocycles. The van der Waals surface area contributed by atoms with Gasteiger partial charge in [0.05, 0.1) is 14.2 Å². The standard InChI is InChI=1S/C22H19NO7/c1-25-15-10-18(26-2)23-19(11-15)30-16-8-9-17-21(29-13-28-17)20(16)22(24)27-12-14-6-4-3-5-7-14/h3-11H,12-13H2,1-2H3. The highest BCUT2D eigenvalue weighted by molar-refractivity contribution is 5.97. The quantitative estimate of drug-likeness (QED) is 0.542. The zero-order chi connectivity index (χ0) is 20.9. The lowest BCUT2D eigenvalue weighted by atomic mass is 10.1. The van der Waals surface area contributed by atoms with Crippen LogP contribution in [0.15, 0.2) is 54.6 Å². The first-order chi connectivity index (χ1) is 14.7. The van der Waals surface area contributed by atoms with E-state index in [0.29, 0.717) is 17.4 Å². The van der Waals surface area contributed by atoms with Gasteiger partial charge in [0.15, 0.2) is 11.5 Å². The highest BCUT2D eigenvalue weighted by atomic mass is 16.7. The number of hydrogen-bond donors (Lipinski definition) is 0. The van der Waals surface area contributed by atoms with Crippen LogP contribution in [0.1, 0.15) is 15.9 Å². The second kappa shape index (κ2) is 8.60. The Morgan fingerprint density at radius 3 is 2.57 bits per heavy atom. The lowest BCUT2D eigenvalue weighted by molar-refractivity contribution is 0.0465. The number of benzene rings is 2. The molecule has 0 amide bonds. The lowest BCUT2D eigenvalue weighted by Gasteiger charge is -2.13. The Balaban J connectivity index is 1.65. The molecule has 3 aromatic rings. The largest absolute Gasteiger partial charge is 0.496 e. The second-order valence-electron chi connectivity index (χ2n) is 6.22. The molecule has 0 spiro atoms. The molecule has 0 radical (unpaired) electrons. The van der Waals surface area contributed by atoms with Gasteiger partial charge in [0, 0.05) is 12.1 Å². The number of aromatic nitrogens is 1. The molecule has 2 heterocycles. The number of hydrogen-bond acceptors (Lipinski definition) is 8. The van der Waals surface area contributed by atoms with E-state index in [1.54, 1.807) is 24.3 Å². The van der Waals surface area contributed by atoms with E-state index in [0.717, 1.165) is 5.56 Å². The van der Waals surface area contributed by atoms with Crippen molar-refractivity contribution in [1.82, 2.24) is 4.98 Å².